The number of anilines is 1. The maximum atomic E-state index is 11.0. The second-order valence-corrected chi connectivity index (χ2v) is 3.38. The van der Waals surface area contributed by atoms with Crippen molar-refractivity contribution in [3.05, 3.63) is 30.2 Å². The normalized spacial score (nSPS) is 10.2. The fourth-order valence-electron chi connectivity index (χ4n) is 1.27. The third-order valence-corrected chi connectivity index (χ3v) is 2.00. The summed E-state index contributed by atoms with van der Waals surface area (Å²) < 4.78 is 6.85. The highest BCUT2D eigenvalue weighted by molar-refractivity contribution is 5.91. The Labute approximate surface area is 96.5 Å². The molecule has 0 radical (unpaired) electrons. The fraction of sp³-hybridized carbons (Fsp3) is 0.100. The maximum absolute atomic E-state index is 11.0. The zero-order valence-electron chi connectivity index (χ0n) is 8.99. The number of ether oxygens (including phenoxy) is 1. The lowest BCUT2D eigenvalue weighted by Crippen LogP contribution is -2.03. The van der Waals surface area contributed by atoms with Gasteiger partial charge in [-0.2, -0.15) is 5.10 Å². The lowest BCUT2D eigenvalue weighted by atomic mass is 10.2. The van der Waals surface area contributed by atoms with E-state index < -0.39 is 5.97 Å². The third kappa shape index (κ3) is 2.33. The molecule has 17 heavy (non-hydrogen) atoms. The number of aromatic nitrogens is 3. The molecule has 2 aromatic heterocycles. The van der Waals surface area contributed by atoms with E-state index in [1.54, 1.807) is 13.2 Å². The smallest absolute Gasteiger partial charge is 0.341 e. The van der Waals surface area contributed by atoms with Crippen LogP contribution in [-0.4, -0.2) is 25.8 Å². The van der Waals surface area contributed by atoms with E-state index in [1.807, 2.05) is 0 Å². The van der Waals surface area contributed by atoms with Crippen LogP contribution in [0.5, 0.6) is 11.6 Å². The van der Waals surface area contributed by atoms with Gasteiger partial charge in [-0.05, 0) is 6.07 Å². The maximum Gasteiger partial charge on any atom is 0.341 e. The molecule has 0 aliphatic rings. The molecule has 2 aromatic rings. The van der Waals surface area contributed by atoms with Crippen LogP contribution in [0.1, 0.15) is 10.4 Å². The van der Waals surface area contributed by atoms with E-state index in [9.17, 15) is 4.79 Å². The van der Waals surface area contributed by atoms with Gasteiger partial charge in [-0.25, -0.2) is 9.78 Å². The first-order chi connectivity index (χ1) is 8.06. The average molecular weight is 234 g/mol. The van der Waals surface area contributed by atoms with Crippen LogP contribution < -0.4 is 10.5 Å². The highest BCUT2D eigenvalue weighted by Gasteiger charge is 2.14. The molecule has 3 N–H and O–H groups in total. The van der Waals surface area contributed by atoms with E-state index >= 15 is 0 Å². The van der Waals surface area contributed by atoms with E-state index in [4.69, 9.17) is 15.6 Å². The van der Waals surface area contributed by atoms with Crippen LogP contribution in [0.3, 0.4) is 0 Å². The number of aromatic carboxylic acids is 1. The number of pyridine rings is 1. The van der Waals surface area contributed by atoms with Crippen molar-refractivity contribution >= 4 is 11.7 Å². The highest BCUT2D eigenvalue weighted by atomic mass is 16.5. The minimum Gasteiger partial charge on any atom is -0.477 e. The molecule has 0 aliphatic carbocycles. The van der Waals surface area contributed by atoms with E-state index in [1.165, 1.54) is 23.1 Å². The Morgan fingerprint density at radius 3 is 2.88 bits per heavy atom. The van der Waals surface area contributed by atoms with Gasteiger partial charge in [-0.15, -0.1) is 0 Å². The summed E-state index contributed by atoms with van der Waals surface area (Å²) >= 11 is 0. The van der Waals surface area contributed by atoms with E-state index in [2.05, 4.69) is 10.1 Å². The van der Waals surface area contributed by atoms with Gasteiger partial charge in [0.05, 0.1) is 24.3 Å². The molecule has 0 saturated carbocycles. The van der Waals surface area contributed by atoms with Crippen molar-refractivity contribution in [1.29, 1.82) is 0 Å². The first-order valence-corrected chi connectivity index (χ1v) is 4.71. The van der Waals surface area contributed by atoms with E-state index in [0.29, 0.717) is 5.75 Å². The molecule has 0 aliphatic heterocycles. The third-order valence-electron chi connectivity index (χ3n) is 2.00. The van der Waals surface area contributed by atoms with Crippen LogP contribution in [0.4, 0.5) is 5.69 Å². The van der Waals surface area contributed by atoms with Crippen LogP contribution >= 0.6 is 0 Å². The van der Waals surface area contributed by atoms with Crippen LogP contribution in [0.2, 0.25) is 0 Å². The van der Waals surface area contributed by atoms with Crippen molar-refractivity contribution in [1.82, 2.24) is 14.8 Å². The Bertz CT molecular complexity index is 564. The number of carboxylic acids is 1. The standard InChI is InChI=1S/C10H10N4O3/c1-14-5-7(4-13-14)17-9-8(10(15)16)2-6(11)3-12-9/h2-5H,11H2,1H3,(H,15,16). The van der Waals surface area contributed by atoms with Crippen molar-refractivity contribution in [3.63, 3.8) is 0 Å². The van der Waals surface area contributed by atoms with Crippen molar-refractivity contribution in [3.8, 4) is 11.6 Å². The van der Waals surface area contributed by atoms with Crippen molar-refractivity contribution in [2.75, 3.05) is 5.73 Å². The topological polar surface area (TPSA) is 103 Å². The van der Waals surface area contributed by atoms with Gasteiger partial charge in [-0.3, -0.25) is 4.68 Å². The van der Waals surface area contributed by atoms with Crippen molar-refractivity contribution < 1.29 is 14.6 Å². The predicted octanol–water partition coefficient (Wildman–Crippen LogP) is 0.888. The molecule has 2 heterocycles. The summed E-state index contributed by atoms with van der Waals surface area (Å²) in [5.41, 5.74) is 5.64. The second kappa shape index (κ2) is 4.12. The lowest BCUT2D eigenvalue weighted by Gasteiger charge is -2.05. The molecular weight excluding hydrogens is 224 g/mol. The fourth-order valence-corrected chi connectivity index (χ4v) is 1.27. The molecule has 0 saturated heterocycles. The Morgan fingerprint density at radius 2 is 2.29 bits per heavy atom. The molecular formula is C10H10N4O3. The van der Waals surface area contributed by atoms with Crippen LogP contribution in [0.25, 0.3) is 0 Å². The molecule has 0 fully saturated rings. The van der Waals surface area contributed by atoms with E-state index in [0.717, 1.165) is 0 Å². The Hall–Kier alpha value is -2.57. The van der Waals surface area contributed by atoms with Gasteiger partial charge in [0, 0.05) is 7.05 Å². The van der Waals surface area contributed by atoms with Crippen molar-refractivity contribution in [2.24, 2.45) is 7.05 Å². The molecule has 7 heteroatoms. The quantitative estimate of drug-likeness (QED) is 0.817. The van der Waals surface area contributed by atoms with E-state index in [-0.39, 0.29) is 17.1 Å². The largest absolute Gasteiger partial charge is 0.477 e. The van der Waals surface area contributed by atoms with Crippen LogP contribution in [0, 0.1) is 0 Å². The number of nitrogen functional groups attached to an aromatic ring is 1. The number of aryl methyl sites for hydroxylation is 1. The van der Waals surface area contributed by atoms with Crippen LogP contribution in [-0.2, 0) is 7.05 Å². The number of nitrogens with zero attached hydrogens (tertiary/aromatic N) is 3. The lowest BCUT2D eigenvalue weighted by molar-refractivity contribution is 0.0693. The second-order valence-electron chi connectivity index (χ2n) is 3.38. The van der Waals surface area contributed by atoms with Gasteiger partial charge >= 0.3 is 5.97 Å². The molecule has 2 rings (SSSR count). The number of carbonyl (C=O) groups is 1. The zero-order valence-corrected chi connectivity index (χ0v) is 8.99. The number of carboxylic acid groups (broad SMARTS) is 1. The summed E-state index contributed by atoms with van der Waals surface area (Å²) in [7, 11) is 1.72. The molecule has 7 nitrogen and oxygen atoms in total. The molecule has 0 amide bonds. The molecule has 0 aromatic carbocycles. The molecule has 0 bridgehead atoms. The van der Waals surface area contributed by atoms with Gasteiger partial charge < -0.3 is 15.6 Å². The minimum absolute atomic E-state index is 0.0142. The van der Waals surface area contributed by atoms with Gasteiger partial charge in [0.25, 0.3) is 0 Å². The van der Waals surface area contributed by atoms with Gasteiger partial charge in [-0.1, -0.05) is 0 Å². The van der Waals surface area contributed by atoms with Crippen LogP contribution in [0.15, 0.2) is 24.7 Å². The molecule has 0 unspecified atom stereocenters. The summed E-state index contributed by atoms with van der Waals surface area (Å²) in [5, 5.41) is 12.9. The summed E-state index contributed by atoms with van der Waals surface area (Å²) in [5.74, 6) is -0.754. The summed E-state index contributed by atoms with van der Waals surface area (Å²) in [6.45, 7) is 0. The number of hydrogen-bond donors (Lipinski definition) is 2. The Kier molecular flexibility index (Phi) is 2.65. The minimum atomic E-state index is -1.15. The number of rotatable bonds is 3. The van der Waals surface area contributed by atoms with Gasteiger partial charge in [0.15, 0.2) is 5.75 Å². The number of hydrogen-bond acceptors (Lipinski definition) is 5. The monoisotopic (exact) mass is 234 g/mol. The summed E-state index contributed by atoms with van der Waals surface area (Å²) in [6, 6.07) is 1.29. The number of nitrogens with two attached hydrogens (primary N) is 1. The zero-order chi connectivity index (χ0) is 12.4. The van der Waals surface area contributed by atoms with Crippen molar-refractivity contribution in [2.45, 2.75) is 0 Å². The van der Waals surface area contributed by atoms with Gasteiger partial charge in [0.1, 0.15) is 5.56 Å². The molecule has 88 valence electrons. The first-order valence-electron chi connectivity index (χ1n) is 4.71. The summed E-state index contributed by atoms with van der Waals surface area (Å²) in [6.07, 6.45) is 4.39. The predicted molar refractivity (Wildman–Crippen MR) is 58.9 cm³/mol. The summed E-state index contributed by atoms with van der Waals surface area (Å²) in [4.78, 5) is 14.8. The highest BCUT2D eigenvalue weighted by Crippen LogP contribution is 2.23. The van der Waals surface area contributed by atoms with Gasteiger partial charge in [0.2, 0.25) is 5.88 Å². The first kappa shape index (κ1) is 10.9. The average Bonchev–Trinajstić information content (AvgIpc) is 2.66. The Morgan fingerprint density at radius 1 is 1.53 bits per heavy atom. The Balaban J connectivity index is 2.35. The molecule has 0 spiro atoms. The SMILES string of the molecule is Cn1cc(Oc2ncc(N)cc2C(=O)O)cn1. The molecule has 0 atom stereocenters.